The number of rotatable bonds is 7. The molecule has 0 spiro atoms. The molecule has 0 bridgehead atoms. The third-order valence-corrected chi connectivity index (χ3v) is 8.23. The van der Waals surface area contributed by atoms with Gasteiger partial charge in [0, 0.05) is 54.4 Å². The number of nitrogens with one attached hydrogen (secondary N) is 1. The molecule has 0 saturated carbocycles. The van der Waals surface area contributed by atoms with Gasteiger partial charge in [-0.2, -0.15) is 5.26 Å². The highest BCUT2D eigenvalue weighted by atomic mass is 35.5. The molecule has 1 aliphatic heterocycles. The molecule has 8 nitrogen and oxygen atoms in total. The first-order chi connectivity index (χ1) is 19.9. The molecule has 1 aliphatic rings. The second kappa shape index (κ2) is 13.0. The summed E-state index contributed by atoms with van der Waals surface area (Å²) in [5.74, 6) is -1.03. The average molecular weight is 586 g/mol. The largest absolute Gasteiger partial charge is 0.497 e. The van der Waals surface area contributed by atoms with Gasteiger partial charge in [0.05, 0.1) is 24.8 Å². The molecule has 208 valence electrons. The maximum atomic E-state index is 12.9. The zero-order chi connectivity index (χ0) is 28.8. The molecule has 3 aromatic carbocycles. The molecule has 41 heavy (non-hydrogen) atoms. The van der Waals surface area contributed by atoms with Crippen molar-refractivity contribution in [3.05, 3.63) is 100 Å². The van der Waals surface area contributed by atoms with Crippen molar-refractivity contribution in [2.45, 2.75) is 12.5 Å². The number of halogens is 1. The fraction of sp³-hybridized carbons (Fsp3) is 0.226. The molecule has 1 unspecified atom stereocenters. The van der Waals surface area contributed by atoms with Crippen LogP contribution in [0.3, 0.4) is 0 Å². The van der Waals surface area contributed by atoms with E-state index in [0.717, 1.165) is 27.6 Å². The number of hydrogen-bond acceptors (Lipinski definition) is 7. The molecule has 1 N–H and O–H groups in total. The second-order valence-corrected chi connectivity index (χ2v) is 10.9. The van der Waals surface area contributed by atoms with E-state index in [4.69, 9.17) is 21.3 Å². The lowest BCUT2D eigenvalue weighted by molar-refractivity contribution is -0.144. The number of carbonyl (C=O) groups is 2. The van der Waals surface area contributed by atoms with Gasteiger partial charge in [-0.3, -0.25) is 14.5 Å². The fourth-order valence-electron chi connectivity index (χ4n) is 4.72. The van der Waals surface area contributed by atoms with Crippen molar-refractivity contribution in [1.29, 1.82) is 5.26 Å². The van der Waals surface area contributed by atoms with E-state index in [0.29, 0.717) is 49.0 Å². The first kappa shape index (κ1) is 28.3. The molecular weight excluding hydrogens is 558 g/mol. The van der Waals surface area contributed by atoms with Crippen molar-refractivity contribution < 1.29 is 14.3 Å². The van der Waals surface area contributed by atoms with Gasteiger partial charge < -0.3 is 15.0 Å². The number of methoxy groups -OCH3 is 1. The van der Waals surface area contributed by atoms with Crippen LogP contribution in [0.5, 0.6) is 5.75 Å². The van der Waals surface area contributed by atoms with Crippen LogP contribution in [0.2, 0.25) is 5.02 Å². The number of anilines is 1. The minimum Gasteiger partial charge on any atom is -0.497 e. The van der Waals surface area contributed by atoms with E-state index in [1.54, 1.807) is 41.5 Å². The van der Waals surface area contributed by atoms with Crippen molar-refractivity contribution in [2.75, 3.05) is 38.6 Å². The number of piperazine rings is 1. The summed E-state index contributed by atoms with van der Waals surface area (Å²) in [6.45, 7) is 2.86. The molecule has 2 heterocycles. The van der Waals surface area contributed by atoms with Crippen molar-refractivity contribution in [3.63, 3.8) is 0 Å². The molecule has 2 amide bonds. The summed E-state index contributed by atoms with van der Waals surface area (Å²) in [5, 5.41) is 15.7. The number of hydrogen-bond donors (Lipinski definition) is 1. The minimum absolute atomic E-state index is 0.344. The summed E-state index contributed by atoms with van der Waals surface area (Å²) in [7, 11) is 1.64. The molecular formula is C31H28ClN5O3S. The fourth-order valence-corrected chi connectivity index (χ4v) is 5.83. The van der Waals surface area contributed by atoms with Crippen LogP contribution in [0.15, 0.2) is 78.2 Å². The smallest absolute Gasteiger partial charge is 0.313 e. The highest BCUT2D eigenvalue weighted by Crippen LogP contribution is 2.32. The van der Waals surface area contributed by atoms with E-state index in [1.807, 2.05) is 54.6 Å². The number of nitrogens with zero attached hydrogens (tertiary/aromatic N) is 4. The van der Waals surface area contributed by atoms with E-state index in [-0.39, 0.29) is 0 Å². The Morgan fingerprint density at radius 3 is 2.46 bits per heavy atom. The van der Waals surface area contributed by atoms with E-state index in [9.17, 15) is 14.9 Å². The summed E-state index contributed by atoms with van der Waals surface area (Å²) in [6.07, 6.45) is 0. The molecule has 1 fully saturated rings. The molecule has 5 rings (SSSR count). The topological polar surface area (TPSA) is 98.6 Å². The summed E-state index contributed by atoms with van der Waals surface area (Å²) in [5.41, 5.74) is 3.88. The van der Waals surface area contributed by atoms with Gasteiger partial charge in [-0.05, 0) is 47.5 Å². The van der Waals surface area contributed by atoms with Gasteiger partial charge >= 0.3 is 11.8 Å². The normalized spacial score (nSPS) is 14.2. The zero-order valence-electron chi connectivity index (χ0n) is 22.4. The van der Waals surface area contributed by atoms with Crippen LogP contribution in [0, 0.1) is 11.3 Å². The van der Waals surface area contributed by atoms with Crippen LogP contribution >= 0.6 is 22.9 Å². The number of nitriles is 1. The van der Waals surface area contributed by atoms with Crippen molar-refractivity contribution in [3.8, 4) is 22.4 Å². The Morgan fingerprint density at radius 2 is 1.80 bits per heavy atom. The Bertz CT molecular complexity index is 1560. The first-order valence-corrected chi connectivity index (χ1v) is 14.4. The van der Waals surface area contributed by atoms with Gasteiger partial charge in [-0.1, -0.05) is 48.0 Å². The van der Waals surface area contributed by atoms with Crippen molar-refractivity contribution in [2.24, 2.45) is 0 Å². The van der Waals surface area contributed by atoms with E-state index < -0.39 is 17.7 Å². The Labute approximate surface area is 247 Å². The standard InChI is InChI=1S/C31H28ClN5O3S/c1-40-25-10-7-22(8-11-25)30-35-24(20-41-30)19-36-13-15-37(16-14-36)31(39)29(38)34-23-9-12-26(28(32)17-23)27(18-33)21-5-3-2-4-6-21/h2-12,17,20,27H,13-16,19H2,1H3,(H,34,38). The van der Waals surface area contributed by atoms with Gasteiger partial charge in [-0.15, -0.1) is 11.3 Å². The minimum atomic E-state index is -0.717. The van der Waals surface area contributed by atoms with E-state index in [2.05, 4.69) is 21.7 Å². The third-order valence-electron chi connectivity index (χ3n) is 6.96. The lowest BCUT2D eigenvalue weighted by Crippen LogP contribution is -2.51. The molecule has 1 atom stereocenters. The summed E-state index contributed by atoms with van der Waals surface area (Å²) in [4.78, 5) is 34.2. The highest BCUT2D eigenvalue weighted by Gasteiger charge is 2.27. The lowest BCUT2D eigenvalue weighted by atomic mass is 9.92. The monoisotopic (exact) mass is 585 g/mol. The van der Waals surface area contributed by atoms with Crippen LogP contribution in [0.1, 0.15) is 22.7 Å². The molecule has 4 aromatic rings. The highest BCUT2D eigenvalue weighted by molar-refractivity contribution is 7.13. The number of aromatic nitrogens is 1. The Morgan fingerprint density at radius 1 is 1.07 bits per heavy atom. The van der Waals surface area contributed by atoms with Crippen LogP contribution in [0.25, 0.3) is 10.6 Å². The van der Waals surface area contributed by atoms with Crippen molar-refractivity contribution in [1.82, 2.24) is 14.8 Å². The van der Waals surface area contributed by atoms with Gasteiger partial charge in [0.1, 0.15) is 10.8 Å². The van der Waals surface area contributed by atoms with Gasteiger partial charge in [0.15, 0.2) is 0 Å². The van der Waals surface area contributed by atoms with E-state index in [1.165, 1.54) is 0 Å². The molecule has 1 saturated heterocycles. The van der Waals surface area contributed by atoms with E-state index >= 15 is 0 Å². The first-order valence-electron chi connectivity index (χ1n) is 13.1. The molecule has 0 aliphatic carbocycles. The molecule has 1 aromatic heterocycles. The SMILES string of the molecule is COc1ccc(-c2nc(CN3CCN(C(=O)C(=O)Nc4ccc(C(C#N)c5ccccc5)c(Cl)c4)CC3)cs2)cc1. The van der Waals surface area contributed by atoms with Gasteiger partial charge in [0.25, 0.3) is 0 Å². The second-order valence-electron chi connectivity index (χ2n) is 9.60. The van der Waals surface area contributed by atoms with Crippen LogP contribution in [-0.4, -0.2) is 59.9 Å². The Hall–Kier alpha value is -4.23. The van der Waals surface area contributed by atoms with Crippen LogP contribution in [0.4, 0.5) is 5.69 Å². The van der Waals surface area contributed by atoms with Crippen molar-refractivity contribution >= 4 is 40.4 Å². The summed E-state index contributed by atoms with van der Waals surface area (Å²) < 4.78 is 5.22. The molecule has 0 radical (unpaired) electrons. The number of benzene rings is 3. The average Bonchev–Trinajstić information content (AvgIpc) is 3.47. The maximum absolute atomic E-state index is 12.9. The van der Waals surface area contributed by atoms with Crippen LogP contribution < -0.4 is 10.1 Å². The number of thiazole rings is 1. The Kier molecular flexibility index (Phi) is 8.95. The number of carbonyl (C=O) groups excluding carboxylic acids is 2. The third kappa shape index (κ3) is 6.74. The zero-order valence-corrected chi connectivity index (χ0v) is 24.0. The Balaban J connectivity index is 1.13. The van der Waals surface area contributed by atoms with Gasteiger partial charge in [-0.25, -0.2) is 4.98 Å². The number of ether oxygens (including phenoxy) is 1. The predicted octanol–water partition coefficient (Wildman–Crippen LogP) is 5.41. The predicted molar refractivity (Wildman–Crippen MR) is 160 cm³/mol. The summed E-state index contributed by atoms with van der Waals surface area (Å²) >= 11 is 8.08. The quantitative estimate of drug-likeness (QED) is 0.291. The molecule has 10 heteroatoms. The van der Waals surface area contributed by atoms with Gasteiger partial charge in [0.2, 0.25) is 0 Å². The summed E-state index contributed by atoms with van der Waals surface area (Å²) in [6, 6.07) is 24.4. The number of amides is 2. The lowest BCUT2D eigenvalue weighted by Gasteiger charge is -2.33. The maximum Gasteiger partial charge on any atom is 0.313 e. The van der Waals surface area contributed by atoms with Crippen LogP contribution in [-0.2, 0) is 16.1 Å².